The lowest BCUT2D eigenvalue weighted by molar-refractivity contribution is -0.121. The molecule has 2 N–H and O–H groups in total. The first kappa shape index (κ1) is 23.9. The van der Waals surface area contributed by atoms with Gasteiger partial charge in [-0.05, 0) is 56.8 Å². The highest BCUT2D eigenvalue weighted by Crippen LogP contribution is 2.18. The summed E-state index contributed by atoms with van der Waals surface area (Å²) in [5, 5.41) is 11.8. The molecule has 0 bridgehead atoms. The first-order valence-electron chi connectivity index (χ1n) is 9.15. The van der Waals surface area contributed by atoms with Crippen molar-refractivity contribution >= 4 is 78.8 Å². The van der Waals surface area contributed by atoms with Crippen molar-refractivity contribution in [1.82, 2.24) is 10.9 Å². The maximum atomic E-state index is 11.7. The molecule has 0 unspecified atom stereocenters. The van der Waals surface area contributed by atoms with Gasteiger partial charge in [-0.3, -0.25) is 9.59 Å². The second kappa shape index (κ2) is 13.8. The smallest absolute Gasteiger partial charge is 0.240 e. The molecule has 0 fully saturated rings. The molecule has 156 valence electrons. The second-order valence-corrected chi connectivity index (χ2v) is 9.91. The van der Waals surface area contributed by atoms with Gasteiger partial charge in [0.05, 0.1) is 12.4 Å². The van der Waals surface area contributed by atoms with Crippen LogP contribution in [0.15, 0.2) is 42.0 Å². The molecular weight excluding hydrogens is 540 g/mol. The van der Waals surface area contributed by atoms with Gasteiger partial charge in [-0.25, -0.2) is 10.9 Å². The van der Waals surface area contributed by atoms with Gasteiger partial charge in [0.2, 0.25) is 11.8 Å². The van der Waals surface area contributed by atoms with Crippen molar-refractivity contribution < 1.29 is 9.59 Å². The minimum absolute atomic E-state index is 0.0770. The van der Waals surface area contributed by atoms with Gasteiger partial charge in [0.1, 0.15) is 0 Å². The second-order valence-electron chi connectivity index (χ2n) is 6.19. The molecule has 6 nitrogen and oxygen atoms in total. The molecule has 2 aromatic rings. The van der Waals surface area contributed by atoms with Gasteiger partial charge < -0.3 is 0 Å². The Kier molecular flexibility index (Phi) is 11.4. The average Bonchev–Trinajstić information content (AvgIpc) is 3.29. The van der Waals surface area contributed by atoms with E-state index in [1.165, 1.54) is 0 Å². The zero-order valence-electron chi connectivity index (χ0n) is 15.7. The molecule has 2 amide bonds. The molecule has 0 saturated carbocycles. The first-order chi connectivity index (χ1) is 14.0. The number of rotatable bonds is 12. The van der Waals surface area contributed by atoms with Crippen LogP contribution >= 0.6 is 54.5 Å². The molecule has 29 heavy (non-hydrogen) atoms. The Bertz CT molecular complexity index is 781. The molecule has 2 heterocycles. The molecular formula is C19H22Br2N4O2S2. The van der Waals surface area contributed by atoms with Crippen LogP contribution in [0.4, 0.5) is 0 Å². The van der Waals surface area contributed by atoms with E-state index >= 15 is 0 Å². The zero-order chi connectivity index (χ0) is 20.9. The Labute approximate surface area is 195 Å². The van der Waals surface area contributed by atoms with Gasteiger partial charge in [-0.2, -0.15) is 10.2 Å². The lowest BCUT2D eigenvalue weighted by Gasteiger charge is -2.02. The Morgan fingerprint density at radius 2 is 1.21 bits per heavy atom. The Morgan fingerprint density at radius 3 is 1.59 bits per heavy atom. The van der Waals surface area contributed by atoms with Crippen LogP contribution in [0.3, 0.4) is 0 Å². The zero-order valence-corrected chi connectivity index (χ0v) is 20.5. The predicted molar refractivity (Wildman–Crippen MR) is 128 cm³/mol. The van der Waals surface area contributed by atoms with Crippen molar-refractivity contribution in [3.05, 3.63) is 41.6 Å². The normalized spacial score (nSPS) is 11.4. The van der Waals surface area contributed by atoms with Crippen LogP contribution < -0.4 is 10.9 Å². The van der Waals surface area contributed by atoms with Crippen LogP contribution in [0, 0.1) is 0 Å². The minimum atomic E-state index is -0.0770. The lowest BCUT2D eigenvalue weighted by atomic mass is 10.1. The fourth-order valence-electron chi connectivity index (χ4n) is 2.34. The van der Waals surface area contributed by atoms with E-state index < -0.39 is 0 Å². The number of nitrogens with one attached hydrogen (secondary N) is 2. The summed E-state index contributed by atoms with van der Waals surface area (Å²) >= 11 is 9.85. The molecule has 2 rings (SSSR count). The standard InChI is InChI=1S/C19H22Br2N4O2S2/c20-14-8-16(28-12-14)10-22-24-18(26)6-4-2-1-3-5-7-19(27)25-23-11-17-9-15(21)13-29-17/h8-13H,1-7H2,(H,24,26)(H,25,27)/b22-10+,23-11+. The molecule has 0 spiro atoms. The van der Waals surface area contributed by atoms with Crippen LogP contribution in [0.2, 0.25) is 0 Å². The Hall–Kier alpha value is -1.36. The third-order valence-corrected chi connectivity index (χ3v) is 7.00. The van der Waals surface area contributed by atoms with Crippen LogP contribution in [0.1, 0.15) is 54.7 Å². The van der Waals surface area contributed by atoms with Crippen LogP contribution in [0.5, 0.6) is 0 Å². The fourth-order valence-corrected chi connectivity index (χ4v) is 4.95. The van der Waals surface area contributed by atoms with Crippen molar-refractivity contribution in [3.63, 3.8) is 0 Å². The monoisotopic (exact) mass is 560 g/mol. The van der Waals surface area contributed by atoms with E-state index in [1.54, 1.807) is 35.1 Å². The number of thiophene rings is 2. The average molecular weight is 562 g/mol. The van der Waals surface area contributed by atoms with Gasteiger partial charge >= 0.3 is 0 Å². The highest BCUT2D eigenvalue weighted by atomic mass is 79.9. The predicted octanol–water partition coefficient (Wildman–Crippen LogP) is 5.67. The van der Waals surface area contributed by atoms with Crippen LogP contribution in [-0.2, 0) is 9.59 Å². The highest BCUT2D eigenvalue weighted by Gasteiger charge is 2.02. The van der Waals surface area contributed by atoms with Crippen molar-refractivity contribution in [2.75, 3.05) is 0 Å². The number of nitrogens with zero attached hydrogens (tertiary/aromatic N) is 2. The van der Waals surface area contributed by atoms with E-state index in [0.717, 1.165) is 50.8 Å². The number of hydrazone groups is 2. The molecule has 2 aromatic heterocycles. The molecule has 0 aliphatic heterocycles. The van der Waals surface area contributed by atoms with E-state index in [4.69, 9.17) is 0 Å². The largest absolute Gasteiger partial charge is 0.273 e. The first-order valence-corrected chi connectivity index (χ1v) is 12.5. The number of halogens is 2. The minimum Gasteiger partial charge on any atom is -0.273 e. The number of amides is 2. The highest BCUT2D eigenvalue weighted by molar-refractivity contribution is 9.10. The van der Waals surface area contributed by atoms with Crippen molar-refractivity contribution in [3.8, 4) is 0 Å². The summed E-state index contributed by atoms with van der Waals surface area (Å²) in [5.41, 5.74) is 5.09. The molecule has 0 aromatic carbocycles. The molecule has 0 atom stereocenters. The maximum Gasteiger partial charge on any atom is 0.240 e. The molecule has 10 heteroatoms. The maximum absolute atomic E-state index is 11.7. The number of unbranched alkanes of at least 4 members (excludes halogenated alkanes) is 4. The molecule has 0 saturated heterocycles. The summed E-state index contributed by atoms with van der Waals surface area (Å²) in [5.74, 6) is -0.154. The lowest BCUT2D eigenvalue weighted by Crippen LogP contribution is -2.17. The van der Waals surface area contributed by atoms with E-state index in [9.17, 15) is 9.59 Å². The van der Waals surface area contributed by atoms with E-state index in [-0.39, 0.29) is 11.8 Å². The Morgan fingerprint density at radius 1 is 0.793 bits per heavy atom. The summed E-state index contributed by atoms with van der Waals surface area (Å²) in [4.78, 5) is 25.4. The third-order valence-electron chi connectivity index (χ3n) is 3.75. The van der Waals surface area contributed by atoms with Crippen LogP contribution in [0.25, 0.3) is 0 Å². The van der Waals surface area contributed by atoms with Crippen molar-refractivity contribution in [2.24, 2.45) is 10.2 Å². The van der Waals surface area contributed by atoms with Crippen LogP contribution in [-0.4, -0.2) is 24.2 Å². The topological polar surface area (TPSA) is 82.9 Å². The van der Waals surface area contributed by atoms with Gasteiger partial charge in [-0.1, -0.05) is 19.3 Å². The molecule has 0 radical (unpaired) electrons. The summed E-state index contributed by atoms with van der Waals surface area (Å²) in [6, 6.07) is 3.88. The number of hydrogen-bond donors (Lipinski definition) is 2. The quantitative estimate of drug-likeness (QED) is 0.199. The van der Waals surface area contributed by atoms with E-state index in [2.05, 4.69) is 52.9 Å². The van der Waals surface area contributed by atoms with Gasteiger partial charge in [0.25, 0.3) is 0 Å². The van der Waals surface area contributed by atoms with Gasteiger partial charge in [-0.15, -0.1) is 22.7 Å². The molecule has 0 aliphatic carbocycles. The fraction of sp³-hybridized carbons (Fsp3) is 0.368. The van der Waals surface area contributed by atoms with Crippen molar-refractivity contribution in [2.45, 2.75) is 44.9 Å². The number of carbonyl (C=O) groups excluding carboxylic acids is 2. The summed E-state index contributed by atoms with van der Waals surface area (Å²) in [6.07, 6.45) is 8.75. The summed E-state index contributed by atoms with van der Waals surface area (Å²) in [7, 11) is 0. The van der Waals surface area contributed by atoms with Gasteiger partial charge in [0, 0.05) is 42.3 Å². The number of hydrogen-bond acceptors (Lipinski definition) is 6. The molecule has 0 aliphatic rings. The SMILES string of the molecule is O=C(CCCCCCCC(=O)N/N=C/c1cc(Br)cs1)N/N=C/c1cc(Br)cs1. The van der Waals surface area contributed by atoms with Gasteiger partial charge in [0.15, 0.2) is 0 Å². The number of carbonyl (C=O) groups is 2. The van der Waals surface area contributed by atoms with E-state index in [0.29, 0.717) is 12.8 Å². The Balaban J connectivity index is 1.44. The van der Waals surface area contributed by atoms with Crippen molar-refractivity contribution in [1.29, 1.82) is 0 Å². The summed E-state index contributed by atoms with van der Waals surface area (Å²) in [6.45, 7) is 0. The summed E-state index contributed by atoms with van der Waals surface area (Å²) < 4.78 is 2.01. The van der Waals surface area contributed by atoms with E-state index in [1.807, 2.05) is 22.9 Å². The third kappa shape index (κ3) is 10.8.